The largest absolute Gasteiger partial charge is 0.352 e. The predicted octanol–water partition coefficient (Wildman–Crippen LogP) is 3.43. The Morgan fingerprint density at radius 3 is 2.43 bits per heavy atom. The van der Waals surface area contributed by atoms with Crippen molar-refractivity contribution in [3.63, 3.8) is 0 Å². The highest BCUT2D eigenvalue weighted by Gasteiger charge is 2.53. The molecule has 4 fully saturated rings. The van der Waals surface area contributed by atoms with E-state index in [0.717, 1.165) is 17.8 Å². The number of benzene rings is 1. The normalized spacial score (nSPS) is 31.9. The van der Waals surface area contributed by atoms with Gasteiger partial charge in [0.2, 0.25) is 5.91 Å². The molecule has 0 radical (unpaired) electrons. The zero-order chi connectivity index (χ0) is 19.5. The van der Waals surface area contributed by atoms with Crippen molar-refractivity contribution in [2.75, 3.05) is 0 Å². The van der Waals surface area contributed by atoms with Gasteiger partial charge in [0.1, 0.15) is 12.4 Å². The lowest BCUT2D eigenvalue weighted by molar-refractivity contribution is -0.126. The number of rotatable bonds is 4. The summed E-state index contributed by atoms with van der Waals surface area (Å²) in [6.07, 6.45) is 7.98. The molecule has 0 spiro atoms. The molecule has 28 heavy (non-hydrogen) atoms. The summed E-state index contributed by atoms with van der Waals surface area (Å²) in [7, 11) is 0. The maximum atomic E-state index is 12.9. The summed E-state index contributed by atoms with van der Waals surface area (Å²) >= 11 is 0. The maximum absolute atomic E-state index is 12.9. The average molecular weight is 380 g/mol. The van der Waals surface area contributed by atoms with Gasteiger partial charge in [-0.05, 0) is 87.7 Å². The third-order valence-corrected chi connectivity index (χ3v) is 7.74. The van der Waals surface area contributed by atoms with Gasteiger partial charge in [0, 0.05) is 6.04 Å². The fraction of sp³-hybridized carbons (Fsp3) is 0.609. The SMILES string of the molecule is Cc1nc2ccccc2c(=O)n1CC(=O)N[C@H](C)C12CC3CC(CC(C3)C1)C2. The molecular weight excluding hydrogens is 350 g/mol. The number of nitrogens with one attached hydrogen (secondary N) is 1. The number of carbonyl (C=O) groups excluding carboxylic acids is 1. The first kappa shape index (κ1) is 17.9. The van der Waals surface area contributed by atoms with Gasteiger partial charge in [0.25, 0.3) is 5.56 Å². The third-order valence-electron chi connectivity index (χ3n) is 7.74. The fourth-order valence-electron chi connectivity index (χ4n) is 6.76. The van der Waals surface area contributed by atoms with Crippen molar-refractivity contribution < 1.29 is 4.79 Å². The number of aryl methyl sites for hydroxylation is 1. The van der Waals surface area contributed by atoms with Crippen LogP contribution in [-0.2, 0) is 11.3 Å². The molecule has 1 aromatic carbocycles. The Morgan fingerprint density at radius 1 is 1.18 bits per heavy atom. The summed E-state index contributed by atoms with van der Waals surface area (Å²) in [5.41, 5.74) is 0.816. The van der Waals surface area contributed by atoms with E-state index in [4.69, 9.17) is 0 Å². The molecule has 4 aliphatic rings. The van der Waals surface area contributed by atoms with Crippen molar-refractivity contribution in [3.05, 3.63) is 40.4 Å². The molecule has 4 saturated carbocycles. The highest BCUT2D eigenvalue weighted by atomic mass is 16.2. The first-order valence-electron chi connectivity index (χ1n) is 10.7. The minimum atomic E-state index is -0.138. The number of amides is 1. The molecule has 0 saturated heterocycles. The summed E-state index contributed by atoms with van der Waals surface area (Å²) < 4.78 is 1.50. The van der Waals surface area contributed by atoms with Crippen LogP contribution in [0.1, 0.15) is 51.3 Å². The number of aromatic nitrogens is 2. The minimum Gasteiger partial charge on any atom is -0.352 e. The summed E-state index contributed by atoms with van der Waals surface area (Å²) in [6, 6.07) is 7.48. The first-order chi connectivity index (χ1) is 13.4. The Hall–Kier alpha value is -2.17. The van der Waals surface area contributed by atoms with Gasteiger partial charge in [-0.15, -0.1) is 0 Å². The van der Waals surface area contributed by atoms with E-state index >= 15 is 0 Å². The first-order valence-corrected chi connectivity index (χ1v) is 10.7. The Morgan fingerprint density at radius 2 is 1.79 bits per heavy atom. The van der Waals surface area contributed by atoms with E-state index in [-0.39, 0.29) is 29.5 Å². The number of hydrogen-bond acceptors (Lipinski definition) is 3. The van der Waals surface area contributed by atoms with Gasteiger partial charge < -0.3 is 5.32 Å². The maximum Gasteiger partial charge on any atom is 0.261 e. The van der Waals surface area contributed by atoms with Crippen molar-refractivity contribution in [2.45, 2.75) is 65.0 Å². The topological polar surface area (TPSA) is 64.0 Å². The van der Waals surface area contributed by atoms with E-state index in [1.165, 1.54) is 43.1 Å². The van der Waals surface area contributed by atoms with Gasteiger partial charge in [-0.3, -0.25) is 14.2 Å². The second kappa shape index (κ2) is 6.43. The molecule has 1 aromatic heterocycles. The van der Waals surface area contributed by atoms with Crippen molar-refractivity contribution in [3.8, 4) is 0 Å². The van der Waals surface area contributed by atoms with E-state index < -0.39 is 0 Å². The Labute approximate surface area is 165 Å². The summed E-state index contributed by atoms with van der Waals surface area (Å²) in [6.45, 7) is 4.02. The molecule has 1 amide bonds. The zero-order valence-corrected chi connectivity index (χ0v) is 16.8. The molecule has 5 heteroatoms. The number of hydrogen-bond donors (Lipinski definition) is 1. The summed E-state index contributed by atoms with van der Waals surface area (Å²) in [5, 5.41) is 3.83. The van der Waals surface area contributed by atoms with Crippen LogP contribution in [0.5, 0.6) is 0 Å². The smallest absolute Gasteiger partial charge is 0.261 e. The van der Waals surface area contributed by atoms with E-state index in [1.807, 2.05) is 18.2 Å². The lowest BCUT2D eigenvalue weighted by Crippen LogP contribution is -2.56. The molecule has 5 nitrogen and oxygen atoms in total. The van der Waals surface area contributed by atoms with Crippen LogP contribution in [-0.4, -0.2) is 21.5 Å². The van der Waals surface area contributed by atoms with E-state index in [0.29, 0.717) is 16.7 Å². The molecule has 2 aromatic rings. The van der Waals surface area contributed by atoms with Gasteiger partial charge in [0.05, 0.1) is 10.9 Å². The lowest BCUT2D eigenvalue weighted by Gasteiger charge is -2.59. The highest BCUT2D eigenvalue weighted by molar-refractivity contribution is 5.79. The predicted molar refractivity (Wildman–Crippen MR) is 109 cm³/mol. The van der Waals surface area contributed by atoms with Crippen molar-refractivity contribution in [2.24, 2.45) is 23.2 Å². The molecule has 1 N–H and O–H groups in total. The van der Waals surface area contributed by atoms with E-state index in [9.17, 15) is 9.59 Å². The molecule has 0 unspecified atom stereocenters. The van der Waals surface area contributed by atoms with Gasteiger partial charge in [0.15, 0.2) is 0 Å². The monoisotopic (exact) mass is 379 g/mol. The van der Waals surface area contributed by atoms with E-state index in [2.05, 4.69) is 17.2 Å². The quantitative estimate of drug-likeness (QED) is 0.885. The van der Waals surface area contributed by atoms with Gasteiger partial charge >= 0.3 is 0 Å². The third kappa shape index (κ3) is 2.87. The van der Waals surface area contributed by atoms with Gasteiger partial charge in [-0.25, -0.2) is 4.98 Å². The molecule has 4 aliphatic carbocycles. The van der Waals surface area contributed by atoms with Crippen LogP contribution in [0.15, 0.2) is 29.1 Å². The van der Waals surface area contributed by atoms with Crippen LogP contribution >= 0.6 is 0 Å². The standard InChI is InChI=1S/C23H29N3O2/c1-14(23-10-16-7-17(11-23)9-18(8-16)12-23)24-21(27)13-26-15(2)25-20-6-4-3-5-19(20)22(26)28/h3-6,14,16-18H,7-13H2,1-2H3,(H,24,27)/t14-,16?,17?,18?,23?/m1/s1. The Balaban J connectivity index is 1.34. The van der Waals surface area contributed by atoms with Crippen molar-refractivity contribution >= 4 is 16.8 Å². The minimum absolute atomic E-state index is 0.0409. The van der Waals surface area contributed by atoms with Crippen LogP contribution in [0.4, 0.5) is 0 Å². The van der Waals surface area contributed by atoms with Crippen LogP contribution in [0.3, 0.4) is 0 Å². The number of carbonyl (C=O) groups is 1. The average Bonchev–Trinajstić information content (AvgIpc) is 2.64. The number of nitrogens with zero attached hydrogens (tertiary/aromatic N) is 2. The zero-order valence-electron chi connectivity index (χ0n) is 16.8. The van der Waals surface area contributed by atoms with Crippen LogP contribution in [0, 0.1) is 30.1 Å². The van der Waals surface area contributed by atoms with Crippen LogP contribution < -0.4 is 10.9 Å². The molecule has 6 rings (SSSR count). The molecule has 1 heterocycles. The highest BCUT2D eigenvalue weighted by Crippen LogP contribution is 2.61. The Kier molecular flexibility index (Phi) is 4.11. The molecule has 0 aliphatic heterocycles. The van der Waals surface area contributed by atoms with Crippen LogP contribution in [0.25, 0.3) is 10.9 Å². The van der Waals surface area contributed by atoms with Crippen molar-refractivity contribution in [1.29, 1.82) is 0 Å². The Bertz CT molecular complexity index is 958. The number of fused-ring (bicyclic) bond motifs is 1. The lowest BCUT2D eigenvalue weighted by atomic mass is 9.48. The summed E-state index contributed by atoms with van der Waals surface area (Å²) in [4.78, 5) is 30.2. The molecule has 148 valence electrons. The van der Waals surface area contributed by atoms with Crippen molar-refractivity contribution in [1.82, 2.24) is 14.9 Å². The van der Waals surface area contributed by atoms with Gasteiger partial charge in [-0.2, -0.15) is 0 Å². The molecular formula is C23H29N3O2. The molecule has 4 bridgehead atoms. The van der Waals surface area contributed by atoms with Crippen LogP contribution in [0.2, 0.25) is 0 Å². The molecule has 1 atom stereocenters. The summed E-state index contributed by atoms with van der Waals surface area (Å²) in [5.74, 6) is 3.09. The number of para-hydroxylation sites is 1. The van der Waals surface area contributed by atoms with E-state index in [1.54, 1.807) is 13.0 Å². The second-order valence-corrected chi connectivity index (χ2v) is 9.64. The fourth-order valence-corrected chi connectivity index (χ4v) is 6.76. The second-order valence-electron chi connectivity index (χ2n) is 9.64. The van der Waals surface area contributed by atoms with Gasteiger partial charge in [-0.1, -0.05) is 12.1 Å².